The van der Waals surface area contributed by atoms with Crippen molar-refractivity contribution in [3.05, 3.63) is 57.6 Å². The Morgan fingerprint density at radius 1 is 0.765 bits per heavy atom. The van der Waals surface area contributed by atoms with Crippen LogP contribution >= 0.6 is 23.2 Å². The van der Waals surface area contributed by atoms with Crippen molar-refractivity contribution in [3.63, 3.8) is 0 Å². The van der Waals surface area contributed by atoms with Crippen LogP contribution in [0.25, 0.3) is 0 Å². The maximum Gasteiger partial charge on any atom is 0.120 e. The Kier molecular flexibility index (Phi) is 3.46. The van der Waals surface area contributed by atoms with Crippen molar-refractivity contribution in [3.8, 4) is 11.5 Å². The fourth-order valence-electron chi connectivity index (χ4n) is 1.62. The second-order valence-corrected chi connectivity index (χ2v) is 4.47. The first-order valence-electron chi connectivity index (χ1n) is 5.02. The molecule has 2 N–H and O–H groups in total. The van der Waals surface area contributed by atoms with E-state index in [1.165, 1.54) is 0 Å². The number of phenolic OH excluding ortho intramolecular Hbond substituents is 2. The summed E-state index contributed by atoms with van der Waals surface area (Å²) in [6, 6.07) is 9.79. The molecule has 0 spiro atoms. The lowest BCUT2D eigenvalue weighted by atomic mass is 10.0. The molecule has 0 aromatic heterocycles. The fourth-order valence-corrected chi connectivity index (χ4v) is 2.09. The molecule has 0 atom stereocenters. The van der Waals surface area contributed by atoms with E-state index in [1.54, 1.807) is 36.4 Å². The monoisotopic (exact) mass is 268 g/mol. The van der Waals surface area contributed by atoms with Gasteiger partial charge < -0.3 is 10.2 Å². The third kappa shape index (κ3) is 2.48. The van der Waals surface area contributed by atoms with E-state index in [9.17, 15) is 10.2 Å². The summed E-state index contributed by atoms with van der Waals surface area (Å²) >= 11 is 12.0. The number of rotatable bonds is 2. The van der Waals surface area contributed by atoms with Crippen LogP contribution in [0.5, 0.6) is 11.5 Å². The molecule has 0 aliphatic heterocycles. The van der Waals surface area contributed by atoms with E-state index < -0.39 is 0 Å². The highest BCUT2D eigenvalue weighted by Crippen LogP contribution is 2.33. The summed E-state index contributed by atoms with van der Waals surface area (Å²) in [5.74, 6) is 0.189. The van der Waals surface area contributed by atoms with Crippen molar-refractivity contribution in [1.82, 2.24) is 0 Å². The number of halogens is 2. The molecular weight excluding hydrogens is 259 g/mol. The normalized spacial score (nSPS) is 10.5. The summed E-state index contributed by atoms with van der Waals surface area (Å²) in [5.41, 5.74) is 1.11. The van der Waals surface area contributed by atoms with Crippen LogP contribution < -0.4 is 0 Å². The third-order valence-corrected chi connectivity index (χ3v) is 3.25. The minimum atomic E-state index is 0.0943. The Labute approximate surface area is 109 Å². The molecule has 0 saturated heterocycles. The molecule has 2 aromatic rings. The lowest BCUT2D eigenvalue weighted by Crippen LogP contribution is -1.92. The lowest BCUT2D eigenvalue weighted by molar-refractivity contribution is 0.463. The molecule has 2 nitrogen and oxygen atoms in total. The van der Waals surface area contributed by atoms with E-state index in [-0.39, 0.29) is 17.9 Å². The highest BCUT2D eigenvalue weighted by Gasteiger charge is 2.12. The van der Waals surface area contributed by atoms with Gasteiger partial charge in [0, 0.05) is 27.6 Å². The van der Waals surface area contributed by atoms with E-state index in [0.29, 0.717) is 21.2 Å². The highest BCUT2D eigenvalue weighted by atomic mass is 35.5. The van der Waals surface area contributed by atoms with Gasteiger partial charge in [-0.1, -0.05) is 35.3 Å². The molecule has 0 unspecified atom stereocenters. The minimum absolute atomic E-state index is 0.0943. The number of hydrogen-bond acceptors (Lipinski definition) is 2. The van der Waals surface area contributed by atoms with Crippen LogP contribution in [0, 0.1) is 0 Å². The third-order valence-electron chi connectivity index (χ3n) is 2.54. The van der Waals surface area contributed by atoms with Crippen molar-refractivity contribution >= 4 is 23.2 Å². The van der Waals surface area contributed by atoms with E-state index >= 15 is 0 Å². The molecule has 0 amide bonds. The van der Waals surface area contributed by atoms with Crippen molar-refractivity contribution < 1.29 is 10.2 Å². The van der Waals surface area contributed by atoms with E-state index in [1.807, 2.05) is 0 Å². The largest absolute Gasteiger partial charge is 0.508 e. The predicted octanol–water partition coefficient (Wildman–Crippen LogP) is 4.00. The molecule has 0 aliphatic carbocycles. The van der Waals surface area contributed by atoms with E-state index in [0.717, 1.165) is 0 Å². The summed E-state index contributed by atoms with van der Waals surface area (Å²) in [6.07, 6.45) is 0.289. The van der Waals surface area contributed by atoms with Gasteiger partial charge in [-0.15, -0.1) is 0 Å². The molecule has 4 heteroatoms. The molecule has 0 fully saturated rings. The topological polar surface area (TPSA) is 40.5 Å². The van der Waals surface area contributed by atoms with Gasteiger partial charge in [0.15, 0.2) is 0 Å². The fraction of sp³-hybridized carbons (Fsp3) is 0.0769. The Morgan fingerprint density at radius 2 is 1.18 bits per heavy atom. The summed E-state index contributed by atoms with van der Waals surface area (Å²) < 4.78 is 0. The summed E-state index contributed by atoms with van der Waals surface area (Å²) in [4.78, 5) is 0. The van der Waals surface area contributed by atoms with Crippen LogP contribution in [0.3, 0.4) is 0 Å². The molecule has 0 bridgehead atoms. The van der Waals surface area contributed by atoms with Crippen LogP contribution in [0.2, 0.25) is 10.0 Å². The number of benzene rings is 2. The standard InChI is InChI=1S/C13H10Cl2O2/c14-10-3-1-5-12(16)8(10)7-9-11(15)4-2-6-13(9)17/h1-6,16-17H,7H2. The second-order valence-electron chi connectivity index (χ2n) is 3.65. The Balaban J connectivity index is 2.45. The van der Waals surface area contributed by atoms with Crippen LogP contribution in [-0.2, 0) is 6.42 Å². The second kappa shape index (κ2) is 4.86. The first kappa shape index (κ1) is 12.1. The molecule has 0 aliphatic rings. The first-order chi connectivity index (χ1) is 8.09. The highest BCUT2D eigenvalue weighted by molar-refractivity contribution is 6.32. The molecule has 2 aromatic carbocycles. The Hall–Kier alpha value is -1.38. The van der Waals surface area contributed by atoms with Gasteiger partial charge in [-0.05, 0) is 24.3 Å². The van der Waals surface area contributed by atoms with Gasteiger partial charge in [0.1, 0.15) is 11.5 Å². The Morgan fingerprint density at radius 3 is 1.53 bits per heavy atom. The summed E-state index contributed by atoms with van der Waals surface area (Å²) in [7, 11) is 0. The number of phenols is 2. The molecule has 88 valence electrons. The van der Waals surface area contributed by atoms with Crippen LogP contribution in [-0.4, -0.2) is 10.2 Å². The van der Waals surface area contributed by atoms with Crippen LogP contribution in [0.15, 0.2) is 36.4 Å². The van der Waals surface area contributed by atoms with Gasteiger partial charge in [-0.3, -0.25) is 0 Å². The SMILES string of the molecule is Oc1cccc(Cl)c1Cc1c(O)cccc1Cl. The average molecular weight is 269 g/mol. The van der Waals surface area contributed by atoms with Gasteiger partial charge in [0.05, 0.1) is 0 Å². The van der Waals surface area contributed by atoms with Crippen LogP contribution in [0.1, 0.15) is 11.1 Å². The first-order valence-corrected chi connectivity index (χ1v) is 5.78. The number of aromatic hydroxyl groups is 2. The van der Waals surface area contributed by atoms with E-state index in [2.05, 4.69) is 0 Å². The molecule has 17 heavy (non-hydrogen) atoms. The minimum Gasteiger partial charge on any atom is -0.508 e. The maximum absolute atomic E-state index is 9.73. The molecule has 2 rings (SSSR count). The van der Waals surface area contributed by atoms with Crippen molar-refractivity contribution in [1.29, 1.82) is 0 Å². The lowest BCUT2D eigenvalue weighted by Gasteiger charge is -2.10. The zero-order chi connectivity index (χ0) is 12.4. The summed E-state index contributed by atoms with van der Waals surface area (Å²) in [5, 5.41) is 20.3. The maximum atomic E-state index is 9.73. The van der Waals surface area contributed by atoms with Gasteiger partial charge in [0.25, 0.3) is 0 Å². The quantitative estimate of drug-likeness (QED) is 0.865. The van der Waals surface area contributed by atoms with Gasteiger partial charge in [0.2, 0.25) is 0 Å². The average Bonchev–Trinajstić information content (AvgIpc) is 2.27. The van der Waals surface area contributed by atoms with Crippen molar-refractivity contribution in [2.75, 3.05) is 0 Å². The Bertz CT molecular complexity index is 463. The zero-order valence-electron chi connectivity index (χ0n) is 8.82. The van der Waals surface area contributed by atoms with Gasteiger partial charge in [-0.25, -0.2) is 0 Å². The molecular formula is C13H10Cl2O2. The molecule has 0 heterocycles. The molecule has 0 radical (unpaired) electrons. The molecule has 0 saturated carbocycles. The summed E-state index contributed by atoms with van der Waals surface area (Å²) in [6.45, 7) is 0. The van der Waals surface area contributed by atoms with Crippen LogP contribution in [0.4, 0.5) is 0 Å². The smallest absolute Gasteiger partial charge is 0.120 e. The predicted molar refractivity (Wildman–Crippen MR) is 69.0 cm³/mol. The number of hydrogen-bond donors (Lipinski definition) is 2. The van der Waals surface area contributed by atoms with E-state index in [4.69, 9.17) is 23.2 Å². The van der Waals surface area contributed by atoms with Gasteiger partial charge >= 0.3 is 0 Å². The van der Waals surface area contributed by atoms with Crippen molar-refractivity contribution in [2.24, 2.45) is 0 Å². The van der Waals surface area contributed by atoms with Gasteiger partial charge in [-0.2, -0.15) is 0 Å². The van der Waals surface area contributed by atoms with Crippen molar-refractivity contribution in [2.45, 2.75) is 6.42 Å². The zero-order valence-corrected chi connectivity index (χ0v) is 10.3.